The van der Waals surface area contributed by atoms with Crippen LogP contribution in [0.2, 0.25) is 0 Å². The van der Waals surface area contributed by atoms with Gasteiger partial charge in [0, 0.05) is 25.2 Å². The Morgan fingerprint density at radius 3 is 1.77 bits per heavy atom. The van der Waals surface area contributed by atoms with Crippen LogP contribution in [-0.4, -0.2) is 17.0 Å². The quantitative estimate of drug-likeness (QED) is 0.841. The largest absolute Gasteiger partial charge is 0.324 e. The Morgan fingerprint density at radius 1 is 0.909 bits per heavy atom. The molecule has 1 aliphatic rings. The summed E-state index contributed by atoms with van der Waals surface area (Å²) in [5.74, 6) is 0.696. The highest BCUT2D eigenvalue weighted by molar-refractivity contribution is 5.17. The molecule has 2 aromatic rings. The maximum absolute atomic E-state index is 6.59. The van der Waals surface area contributed by atoms with Gasteiger partial charge < -0.3 is 5.73 Å². The fraction of sp³-hybridized carbons (Fsp3) is 0.400. The number of hydrogen-bond donors (Lipinski definition) is 1. The minimum Gasteiger partial charge on any atom is -0.324 e. The van der Waals surface area contributed by atoms with Gasteiger partial charge in [0.1, 0.15) is 0 Å². The summed E-state index contributed by atoms with van der Waals surface area (Å²) in [7, 11) is 0. The monoisotopic (exact) mass is 294 g/mol. The van der Waals surface area contributed by atoms with Crippen molar-refractivity contribution in [3.05, 3.63) is 71.8 Å². The van der Waals surface area contributed by atoms with Crippen LogP contribution in [0.3, 0.4) is 0 Å². The van der Waals surface area contributed by atoms with Crippen LogP contribution in [0.15, 0.2) is 60.7 Å². The van der Waals surface area contributed by atoms with Gasteiger partial charge in [-0.1, -0.05) is 60.7 Å². The van der Waals surface area contributed by atoms with Gasteiger partial charge in [-0.05, 0) is 36.8 Å². The highest BCUT2D eigenvalue weighted by atomic mass is 15.1. The molecule has 0 amide bonds. The summed E-state index contributed by atoms with van der Waals surface area (Å²) in [6, 6.07) is 21.4. The Kier molecular flexibility index (Phi) is 4.60. The van der Waals surface area contributed by atoms with Crippen molar-refractivity contribution < 1.29 is 0 Å². The third-order valence-corrected chi connectivity index (χ3v) is 4.57. The van der Waals surface area contributed by atoms with Crippen molar-refractivity contribution in [3.8, 4) is 0 Å². The summed E-state index contributed by atoms with van der Waals surface area (Å²) in [6.45, 7) is 5.07. The van der Waals surface area contributed by atoms with Crippen LogP contribution < -0.4 is 5.73 Å². The lowest BCUT2D eigenvalue weighted by atomic mass is 9.96. The van der Waals surface area contributed by atoms with E-state index in [2.05, 4.69) is 72.5 Å². The molecule has 2 heteroatoms. The third kappa shape index (κ3) is 4.19. The molecule has 22 heavy (non-hydrogen) atoms. The summed E-state index contributed by atoms with van der Waals surface area (Å²) in [5.41, 5.74) is 9.21. The zero-order chi connectivity index (χ0) is 15.4. The van der Waals surface area contributed by atoms with Crippen molar-refractivity contribution in [1.82, 2.24) is 4.90 Å². The van der Waals surface area contributed by atoms with Crippen molar-refractivity contribution >= 4 is 0 Å². The molecule has 0 bridgehead atoms. The number of benzene rings is 2. The molecule has 0 saturated heterocycles. The van der Waals surface area contributed by atoms with E-state index in [0.717, 1.165) is 19.6 Å². The molecule has 2 nitrogen and oxygen atoms in total. The molecule has 2 aromatic carbocycles. The molecule has 0 aliphatic heterocycles. The van der Waals surface area contributed by atoms with Gasteiger partial charge in [0.2, 0.25) is 0 Å². The zero-order valence-electron chi connectivity index (χ0n) is 13.4. The minimum atomic E-state index is -0.0798. The van der Waals surface area contributed by atoms with Crippen LogP contribution in [0.4, 0.5) is 0 Å². The summed E-state index contributed by atoms with van der Waals surface area (Å²) in [6.07, 6.45) is 2.58. The Hall–Kier alpha value is -1.64. The molecule has 1 aliphatic carbocycles. The second kappa shape index (κ2) is 6.64. The topological polar surface area (TPSA) is 29.3 Å². The number of nitrogens with two attached hydrogens (primary N) is 1. The summed E-state index contributed by atoms with van der Waals surface area (Å²) in [5, 5.41) is 0. The number of nitrogens with zero attached hydrogens (tertiary/aromatic N) is 1. The first kappa shape index (κ1) is 15.3. The van der Waals surface area contributed by atoms with Crippen molar-refractivity contribution in [2.24, 2.45) is 11.7 Å². The van der Waals surface area contributed by atoms with Crippen molar-refractivity contribution in [3.63, 3.8) is 0 Å². The number of rotatable bonds is 7. The van der Waals surface area contributed by atoms with E-state index < -0.39 is 0 Å². The molecular formula is C20H26N2. The highest BCUT2D eigenvalue weighted by Crippen LogP contribution is 2.38. The summed E-state index contributed by atoms with van der Waals surface area (Å²) < 4.78 is 0. The van der Waals surface area contributed by atoms with Gasteiger partial charge in [-0.15, -0.1) is 0 Å². The first-order valence-corrected chi connectivity index (χ1v) is 8.22. The Morgan fingerprint density at radius 2 is 1.36 bits per heavy atom. The predicted molar refractivity (Wildman–Crippen MR) is 92.3 cm³/mol. The summed E-state index contributed by atoms with van der Waals surface area (Å²) in [4.78, 5) is 2.49. The van der Waals surface area contributed by atoms with Gasteiger partial charge in [0.15, 0.2) is 0 Å². The Bertz CT molecular complexity index is 532. The van der Waals surface area contributed by atoms with Crippen molar-refractivity contribution in [2.75, 3.05) is 6.54 Å². The van der Waals surface area contributed by atoms with E-state index in [-0.39, 0.29) is 5.54 Å². The lowest BCUT2D eigenvalue weighted by Gasteiger charge is -2.33. The average Bonchev–Trinajstić information content (AvgIpc) is 3.34. The van der Waals surface area contributed by atoms with Gasteiger partial charge >= 0.3 is 0 Å². The van der Waals surface area contributed by atoms with Gasteiger partial charge in [-0.2, -0.15) is 0 Å². The molecule has 0 aromatic heterocycles. The third-order valence-electron chi connectivity index (χ3n) is 4.57. The summed E-state index contributed by atoms with van der Waals surface area (Å²) >= 11 is 0. The van der Waals surface area contributed by atoms with Crippen molar-refractivity contribution in [2.45, 2.75) is 38.4 Å². The molecule has 1 fully saturated rings. The predicted octanol–water partition coefficient (Wildman–Crippen LogP) is 3.82. The lowest BCUT2D eigenvalue weighted by Crippen LogP contribution is -2.49. The molecule has 116 valence electrons. The molecule has 1 atom stereocenters. The van der Waals surface area contributed by atoms with Crippen LogP contribution in [0.5, 0.6) is 0 Å². The Balaban J connectivity index is 1.72. The molecule has 3 rings (SSSR count). The van der Waals surface area contributed by atoms with E-state index in [1.165, 1.54) is 24.0 Å². The SMILES string of the molecule is CC(N)(CN(Cc1ccccc1)Cc1ccccc1)C1CC1. The van der Waals surface area contributed by atoms with Crippen LogP contribution in [-0.2, 0) is 13.1 Å². The Labute approximate surface area is 134 Å². The second-order valence-corrected chi connectivity index (χ2v) is 6.90. The van der Waals surface area contributed by atoms with Crippen LogP contribution in [0.1, 0.15) is 30.9 Å². The van der Waals surface area contributed by atoms with E-state index in [4.69, 9.17) is 5.73 Å². The number of hydrogen-bond acceptors (Lipinski definition) is 2. The molecule has 1 unspecified atom stereocenters. The fourth-order valence-electron chi connectivity index (χ4n) is 3.20. The van der Waals surface area contributed by atoms with Crippen molar-refractivity contribution in [1.29, 1.82) is 0 Å². The first-order chi connectivity index (χ1) is 10.6. The van der Waals surface area contributed by atoms with Crippen LogP contribution >= 0.6 is 0 Å². The first-order valence-electron chi connectivity index (χ1n) is 8.22. The van der Waals surface area contributed by atoms with E-state index >= 15 is 0 Å². The molecule has 0 radical (unpaired) electrons. The minimum absolute atomic E-state index is 0.0798. The van der Waals surface area contributed by atoms with Crippen LogP contribution in [0.25, 0.3) is 0 Å². The van der Waals surface area contributed by atoms with Gasteiger partial charge in [-0.25, -0.2) is 0 Å². The lowest BCUT2D eigenvalue weighted by molar-refractivity contribution is 0.187. The normalized spacial score (nSPS) is 17.4. The smallest absolute Gasteiger partial charge is 0.0283 e. The zero-order valence-corrected chi connectivity index (χ0v) is 13.4. The van der Waals surface area contributed by atoms with E-state index in [1.54, 1.807) is 0 Å². The van der Waals surface area contributed by atoms with E-state index in [9.17, 15) is 0 Å². The second-order valence-electron chi connectivity index (χ2n) is 6.90. The van der Waals surface area contributed by atoms with Crippen LogP contribution in [0, 0.1) is 5.92 Å². The highest BCUT2D eigenvalue weighted by Gasteiger charge is 2.39. The molecule has 0 heterocycles. The van der Waals surface area contributed by atoms with E-state index in [1.807, 2.05) is 0 Å². The van der Waals surface area contributed by atoms with Gasteiger partial charge in [-0.3, -0.25) is 4.90 Å². The average molecular weight is 294 g/mol. The molecule has 2 N–H and O–H groups in total. The molecular weight excluding hydrogens is 268 g/mol. The van der Waals surface area contributed by atoms with E-state index in [0.29, 0.717) is 5.92 Å². The fourth-order valence-corrected chi connectivity index (χ4v) is 3.20. The molecule has 0 spiro atoms. The maximum atomic E-state index is 6.59. The standard InChI is InChI=1S/C20H26N2/c1-20(21,19-12-13-19)16-22(14-17-8-4-2-5-9-17)15-18-10-6-3-7-11-18/h2-11,19H,12-16,21H2,1H3. The maximum Gasteiger partial charge on any atom is 0.0283 e. The van der Waals surface area contributed by atoms with Gasteiger partial charge in [0.05, 0.1) is 0 Å². The van der Waals surface area contributed by atoms with Gasteiger partial charge in [0.25, 0.3) is 0 Å². The molecule has 1 saturated carbocycles.